The molecule has 17 heavy (non-hydrogen) atoms. The van der Waals surface area contributed by atoms with E-state index in [0.29, 0.717) is 10.6 Å². The topological polar surface area (TPSA) is 49.4 Å². The summed E-state index contributed by atoms with van der Waals surface area (Å²) in [6, 6.07) is 6.64. The van der Waals surface area contributed by atoms with Gasteiger partial charge in [0.1, 0.15) is 0 Å². The van der Waals surface area contributed by atoms with E-state index in [0.717, 1.165) is 19.5 Å². The van der Waals surface area contributed by atoms with Gasteiger partial charge in [0.15, 0.2) is 0 Å². The minimum atomic E-state index is -0.277. The monoisotopic (exact) mass is 252 g/mol. The molecule has 1 aromatic carbocycles. The molecule has 1 fully saturated rings. The van der Waals surface area contributed by atoms with Crippen LogP contribution in [0.5, 0.6) is 0 Å². The lowest BCUT2D eigenvalue weighted by Gasteiger charge is -2.30. The van der Waals surface area contributed by atoms with E-state index >= 15 is 0 Å². The molecule has 0 unspecified atom stereocenters. The molecule has 0 aliphatic carbocycles. The van der Waals surface area contributed by atoms with Crippen LogP contribution in [0.1, 0.15) is 16.8 Å². The Morgan fingerprint density at radius 3 is 2.71 bits per heavy atom. The summed E-state index contributed by atoms with van der Waals surface area (Å²) in [5, 5.41) is 3.09. The minimum Gasteiger partial charge on any atom is -0.343 e. The van der Waals surface area contributed by atoms with E-state index in [9.17, 15) is 9.59 Å². The first-order chi connectivity index (χ1) is 8.16. The molecule has 1 aromatic rings. The van der Waals surface area contributed by atoms with Crippen molar-refractivity contribution >= 4 is 23.4 Å². The molecule has 0 spiro atoms. The van der Waals surface area contributed by atoms with Crippen LogP contribution in [0.3, 0.4) is 0 Å². The fraction of sp³-hybridized carbons (Fsp3) is 0.333. The van der Waals surface area contributed by atoms with Gasteiger partial charge in [-0.1, -0.05) is 17.7 Å². The average Bonchev–Trinajstić information content (AvgIpc) is 2.23. The van der Waals surface area contributed by atoms with Gasteiger partial charge >= 0.3 is 0 Å². The molecule has 0 radical (unpaired) electrons. The summed E-state index contributed by atoms with van der Waals surface area (Å²) >= 11 is 5.78. The summed E-state index contributed by atoms with van der Waals surface area (Å²) < 4.78 is 0. The molecule has 5 heteroatoms. The normalized spacial score (nSPS) is 14.1. The second-order valence-corrected chi connectivity index (χ2v) is 4.36. The van der Waals surface area contributed by atoms with Crippen molar-refractivity contribution in [2.75, 3.05) is 19.6 Å². The number of likely N-dealkylation sites (tertiary alicyclic amines) is 1. The number of amides is 2. The number of nitrogens with zero attached hydrogens (tertiary/aromatic N) is 1. The van der Waals surface area contributed by atoms with Crippen molar-refractivity contribution < 1.29 is 9.59 Å². The van der Waals surface area contributed by atoms with E-state index in [1.54, 1.807) is 29.2 Å². The highest BCUT2D eigenvalue weighted by Gasteiger charge is 2.20. The maximum atomic E-state index is 11.7. The van der Waals surface area contributed by atoms with Gasteiger partial charge < -0.3 is 10.2 Å². The standard InChI is InChI=1S/C12H13ClN2O2/c13-10-4-1-3-9(7-10)12(17)14-8-11(16)15-5-2-6-15/h1,3-4,7H,2,5-6,8H2,(H,14,17). The lowest BCUT2D eigenvalue weighted by atomic mass is 10.2. The highest BCUT2D eigenvalue weighted by atomic mass is 35.5. The van der Waals surface area contributed by atoms with Gasteiger partial charge in [0.25, 0.3) is 5.91 Å². The van der Waals surface area contributed by atoms with Crippen LogP contribution in [-0.4, -0.2) is 36.3 Å². The summed E-state index contributed by atoms with van der Waals surface area (Å²) in [7, 11) is 0. The third kappa shape index (κ3) is 2.97. The summed E-state index contributed by atoms with van der Waals surface area (Å²) in [6.45, 7) is 1.64. The third-order valence-electron chi connectivity index (χ3n) is 2.70. The highest BCUT2D eigenvalue weighted by Crippen LogP contribution is 2.10. The molecular weight excluding hydrogens is 240 g/mol. The minimum absolute atomic E-state index is 0.0355. The number of hydrogen-bond donors (Lipinski definition) is 1. The molecule has 1 N–H and O–H groups in total. The number of carbonyl (C=O) groups is 2. The molecule has 0 bridgehead atoms. The van der Waals surface area contributed by atoms with Crippen LogP contribution >= 0.6 is 11.6 Å². The van der Waals surface area contributed by atoms with Gasteiger partial charge in [-0.3, -0.25) is 9.59 Å². The Morgan fingerprint density at radius 1 is 1.35 bits per heavy atom. The molecule has 1 heterocycles. The van der Waals surface area contributed by atoms with Gasteiger partial charge in [0, 0.05) is 23.7 Å². The first-order valence-electron chi connectivity index (χ1n) is 5.48. The lowest BCUT2D eigenvalue weighted by Crippen LogP contribution is -2.47. The second kappa shape index (κ2) is 5.19. The first-order valence-corrected chi connectivity index (χ1v) is 5.86. The van der Waals surface area contributed by atoms with Crippen molar-refractivity contribution in [1.82, 2.24) is 10.2 Å². The van der Waals surface area contributed by atoms with E-state index in [1.165, 1.54) is 0 Å². The van der Waals surface area contributed by atoms with Crippen LogP contribution in [0.15, 0.2) is 24.3 Å². The van der Waals surface area contributed by atoms with Crippen LogP contribution in [0, 0.1) is 0 Å². The zero-order valence-electron chi connectivity index (χ0n) is 9.28. The quantitative estimate of drug-likeness (QED) is 0.882. The van der Waals surface area contributed by atoms with Crippen molar-refractivity contribution in [1.29, 1.82) is 0 Å². The number of nitrogens with one attached hydrogen (secondary N) is 1. The Bertz CT molecular complexity index is 444. The van der Waals surface area contributed by atoms with Crippen LogP contribution in [-0.2, 0) is 4.79 Å². The number of halogens is 1. The predicted octanol–water partition coefficient (Wildman–Crippen LogP) is 1.30. The Balaban J connectivity index is 1.86. The molecule has 1 aliphatic rings. The largest absolute Gasteiger partial charge is 0.343 e. The van der Waals surface area contributed by atoms with E-state index < -0.39 is 0 Å². The fourth-order valence-corrected chi connectivity index (χ4v) is 1.76. The highest BCUT2D eigenvalue weighted by molar-refractivity contribution is 6.30. The van der Waals surface area contributed by atoms with Crippen LogP contribution < -0.4 is 5.32 Å². The van der Waals surface area contributed by atoms with E-state index in [1.807, 2.05) is 0 Å². The van der Waals surface area contributed by atoms with Gasteiger partial charge in [0.2, 0.25) is 5.91 Å². The number of benzene rings is 1. The molecule has 0 atom stereocenters. The van der Waals surface area contributed by atoms with Gasteiger partial charge in [-0.2, -0.15) is 0 Å². The molecule has 2 amide bonds. The summed E-state index contributed by atoms with van der Waals surface area (Å²) in [5.74, 6) is -0.312. The molecule has 1 saturated heterocycles. The maximum absolute atomic E-state index is 11.7. The van der Waals surface area contributed by atoms with Gasteiger partial charge in [-0.25, -0.2) is 0 Å². The Labute approximate surface area is 105 Å². The zero-order valence-corrected chi connectivity index (χ0v) is 10.0. The summed E-state index contributed by atoms with van der Waals surface area (Å²) in [5.41, 5.74) is 0.467. The summed E-state index contributed by atoms with van der Waals surface area (Å²) in [6.07, 6.45) is 1.05. The van der Waals surface area contributed by atoms with Crippen LogP contribution in [0.2, 0.25) is 5.02 Å². The fourth-order valence-electron chi connectivity index (χ4n) is 1.57. The van der Waals surface area contributed by atoms with Crippen LogP contribution in [0.25, 0.3) is 0 Å². The first kappa shape index (κ1) is 11.9. The molecule has 0 saturated carbocycles. The van der Waals surface area contributed by atoms with Crippen molar-refractivity contribution in [2.24, 2.45) is 0 Å². The SMILES string of the molecule is O=C(NCC(=O)N1CCC1)c1cccc(Cl)c1. The average molecular weight is 253 g/mol. The van der Waals surface area contributed by atoms with E-state index in [2.05, 4.69) is 5.32 Å². The van der Waals surface area contributed by atoms with Crippen molar-refractivity contribution in [2.45, 2.75) is 6.42 Å². The number of rotatable bonds is 3. The molecular formula is C12H13ClN2O2. The number of carbonyl (C=O) groups excluding carboxylic acids is 2. The number of hydrogen-bond acceptors (Lipinski definition) is 2. The van der Waals surface area contributed by atoms with Gasteiger partial charge in [0.05, 0.1) is 6.54 Å². The molecule has 1 aliphatic heterocycles. The molecule has 2 rings (SSSR count). The predicted molar refractivity (Wildman–Crippen MR) is 65.0 cm³/mol. The van der Waals surface area contributed by atoms with Gasteiger partial charge in [-0.15, -0.1) is 0 Å². The van der Waals surface area contributed by atoms with E-state index in [-0.39, 0.29) is 18.4 Å². The zero-order chi connectivity index (χ0) is 12.3. The molecule has 4 nitrogen and oxygen atoms in total. The van der Waals surface area contributed by atoms with Crippen molar-refractivity contribution in [3.05, 3.63) is 34.9 Å². The smallest absolute Gasteiger partial charge is 0.251 e. The lowest BCUT2D eigenvalue weighted by molar-refractivity contribution is -0.133. The third-order valence-corrected chi connectivity index (χ3v) is 2.93. The van der Waals surface area contributed by atoms with Crippen LogP contribution in [0.4, 0.5) is 0 Å². The van der Waals surface area contributed by atoms with Crippen molar-refractivity contribution in [3.8, 4) is 0 Å². The summed E-state index contributed by atoms with van der Waals surface area (Å²) in [4.78, 5) is 24.9. The second-order valence-electron chi connectivity index (χ2n) is 3.93. The van der Waals surface area contributed by atoms with Gasteiger partial charge in [-0.05, 0) is 24.6 Å². The Morgan fingerprint density at radius 2 is 2.12 bits per heavy atom. The van der Waals surface area contributed by atoms with Crippen molar-refractivity contribution in [3.63, 3.8) is 0 Å². The Hall–Kier alpha value is -1.55. The maximum Gasteiger partial charge on any atom is 0.251 e. The molecule has 90 valence electrons. The van der Waals surface area contributed by atoms with E-state index in [4.69, 9.17) is 11.6 Å². The molecule has 0 aromatic heterocycles. The Kier molecular flexibility index (Phi) is 3.64.